The molecule has 1 aliphatic rings. The number of carbonyl (C=O) groups is 1. The number of phenols is 2. The van der Waals surface area contributed by atoms with Crippen LogP contribution in [0, 0.1) is 0 Å². The van der Waals surface area contributed by atoms with Crippen molar-refractivity contribution in [1.29, 1.82) is 0 Å². The molecule has 4 rings (SSSR count). The van der Waals surface area contributed by atoms with E-state index < -0.39 is 54.5 Å². The van der Waals surface area contributed by atoms with Crippen molar-refractivity contribution in [2.24, 2.45) is 0 Å². The summed E-state index contributed by atoms with van der Waals surface area (Å²) in [5.41, 5.74) is -0.0204. The van der Waals surface area contributed by atoms with Gasteiger partial charge < -0.3 is 49.6 Å². The summed E-state index contributed by atoms with van der Waals surface area (Å²) in [6, 6.07) is 9.56. The van der Waals surface area contributed by atoms with E-state index in [2.05, 4.69) is 0 Å². The summed E-state index contributed by atoms with van der Waals surface area (Å²) in [5.74, 6) is -1.11. The molecule has 12 nitrogen and oxygen atoms in total. The van der Waals surface area contributed by atoms with Crippen LogP contribution in [0.4, 0.5) is 0 Å². The van der Waals surface area contributed by atoms with Gasteiger partial charge in [0, 0.05) is 30.7 Å². The van der Waals surface area contributed by atoms with E-state index in [1.54, 1.807) is 12.1 Å². The molecule has 188 valence electrons. The highest BCUT2D eigenvalue weighted by atomic mass is 16.7. The van der Waals surface area contributed by atoms with Crippen LogP contribution in [0.3, 0.4) is 0 Å². The minimum Gasteiger partial charge on any atom is -0.508 e. The molecule has 0 radical (unpaired) electrons. The molecule has 3 aromatic rings. The maximum absolute atomic E-state index is 12.5. The fraction of sp³-hybridized carbons (Fsp3) is 0.304. The lowest BCUT2D eigenvalue weighted by Crippen LogP contribution is -2.60. The lowest BCUT2D eigenvalue weighted by atomic mass is 9.99. The van der Waals surface area contributed by atoms with E-state index in [0.29, 0.717) is 5.56 Å². The van der Waals surface area contributed by atoms with Crippen molar-refractivity contribution >= 4 is 16.9 Å². The third-order valence-corrected chi connectivity index (χ3v) is 5.04. The highest BCUT2D eigenvalue weighted by Gasteiger charge is 2.44. The van der Waals surface area contributed by atoms with Gasteiger partial charge in [0.05, 0.1) is 6.61 Å². The standard InChI is InChI=1S/C21H20O10.C2H4O2/c22-8-16-18(26)19(27)20(28)21(31-16)29-11-5-12(24)17-13(25)7-14(30-15(17)6-11)9-1-3-10(23)4-2-9;1-2(3)4/h1-7,16,18-24,26-28H,8H2;1H3,(H,3,4)/t16-,18-,19+,20-,21-;/m1./s1. The Kier molecular flexibility index (Phi) is 7.94. The van der Waals surface area contributed by atoms with Gasteiger partial charge in [-0.1, -0.05) is 0 Å². The van der Waals surface area contributed by atoms with Gasteiger partial charge in [0.2, 0.25) is 6.29 Å². The SMILES string of the molecule is CC(=O)O.O=c1cc(-c2ccc(O)cc2)oc2cc(O[C@@H]3O[C@H](CO)[C@@H](O)[C@H](O)[C@H]3O)cc(O)c12. The molecule has 2 aromatic carbocycles. The van der Waals surface area contributed by atoms with E-state index in [0.717, 1.165) is 13.0 Å². The summed E-state index contributed by atoms with van der Waals surface area (Å²) in [4.78, 5) is 21.5. The molecule has 0 aliphatic carbocycles. The van der Waals surface area contributed by atoms with E-state index in [9.17, 15) is 35.4 Å². The van der Waals surface area contributed by atoms with E-state index in [1.807, 2.05) is 0 Å². The van der Waals surface area contributed by atoms with Crippen LogP contribution in [0.5, 0.6) is 17.2 Å². The van der Waals surface area contributed by atoms with Crippen LogP contribution < -0.4 is 10.2 Å². The average molecular weight is 492 g/mol. The third-order valence-electron chi connectivity index (χ3n) is 5.04. The molecule has 1 aliphatic heterocycles. The van der Waals surface area contributed by atoms with Gasteiger partial charge in [0.25, 0.3) is 5.97 Å². The normalized spacial score (nSPS) is 23.9. The smallest absolute Gasteiger partial charge is 0.300 e. The Morgan fingerprint density at radius 3 is 2.23 bits per heavy atom. The van der Waals surface area contributed by atoms with Gasteiger partial charge in [-0.2, -0.15) is 0 Å². The molecule has 35 heavy (non-hydrogen) atoms. The third kappa shape index (κ3) is 5.88. The molecule has 5 atom stereocenters. The van der Waals surface area contributed by atoms with E-state index in [-0.39, 0.29) is 28.2 Å². The van der Waals surface area contributed by atoms with Gasteiger partial charge in [-0.25, -0.2) is 0 Å². The number of benzene rings is 2. The molecular weight excluding hydrogens is 468 g/mol. The number of hydrogen-bond acceptors (Lipinski definition) is 11. The molecule has 0 spiro atoms. The van der Waals surface area contributed by atoms with Crippen LogP contribution in [0.25, 0.3) is 22.3 Å². The van der Waals surface area contributed by atoms with Crippen molar-refractivity contribution in [2.75, 3.05) is 6.61 Å². The molecule has 2 heterocycles. The van der Waals surface area contributed by atoms with Crippen LogP contribution in [-0.2, 0) is 9.53 Å². The Labute approximate surface area is 197 Å². The topological polar surface area (TPSA) is 207 Å². The van der Waals surface area contributed by atoms with Crippen molar-refractivity contribution < 1.29 is 54.4 Å². The molecule has 1 fully saturated rings. The summed E-state index contributed by atoms with van der Waals surface area (Å²) < 4.78 is 16.5. The number of ether oxygens (including phenoxy) is 2. The summed E-state index contributed by atoms with van der Waals surface area (Å²) >= 11 is 0. The zero-order valence-corrected chi connectivity index (χ0v) is 18.3. The zero-order chi connectivity index (χ0) is 25.9. The summed E-state index contributed by atoms with van der Waals surface area (Å²) in [6.07, 6.45) is -7.47. The number of fused-ring (bicyclic) bond motifs is 1. The Balaban J connectivity index is 0.000000795. The quantitative estimate of drug-likeness (QED) is 0.260. The number of carboxylic acid groups (broad SMARTS) is 1. The number of hydrogen-bond donors (Lipinski definition) is 7. The summed E-state index contributed by atoms with van der Waals surface area (Å²) in [5, 5.41) is 66.2. The molecule has 0 amide bonds. The number of aliphatic hydroxyl groups is 4. The Hall–Kier alpha value is -3.68. The fourth-order valence-electron chi connectivity index (χ4n) is 3.38. The molecule has 1 aromatic heterocycles. The Bertz CT molecular complexity index is 1230. The van der Waals surface area contributed by atoms with Gasteiger partial charge in [-0.05, 0) is 24.3 Å². The van der Waals surface area contributed by atoms with Crippen molar-refractivity contribution in [3.05, 3.63) is 52.7 Å². The molecule has 0 unspecified atom stereocenters. The predicted octanol–water partition coefficient (Wildman–Crippen LogP) is 0.141. The molecule has 1 saturated heterocycles. The second kappa shape index (κ2) is 10.7. The van der Waals surface area contributed by atoms with Gasteiger partial charge in [0.1, 0.15) is 58.4 Å². The van der Waals surface area contributed by atoms with Crippen LogP contribution in [-0.4, -0.2) is 79.0 Å². The first-order valence-electron chi connectivity index (χ1n) is 10.3. The first-order chi connectivity index (χ1) is 16.5. The van der Waals surface area contributed by atoms with Crippen LogP contribution in [0.1, 0.15) is 6.92 Å². The minimum absolute atomic E-state index is 0.0184. The number of aliphatic hydroxyl groups excluding tert-OH is 4. The minimum atomic E-state index is -1.65. The maximum Gasteiger partial charge on any atom is 0.300 e. The monoisotopic (exact) mass is 492 g/mol. The van der Waals surface area contributed by atoms with Crippen molar-refractivity contribution in [1.82, 2.24) is 0 Å². The van der Waals surface area contributed by atoms with E-state index in [4.69, 9.17) is 23.8 Å². The second-order valence-electron chi connectivity index (χ2n) is 7.67. The average Bonchev–Trinajstić information content (AvgIpc) is 2.79. The maximum atomic E-state index is 12.5. The van der Waals surface area contributed by atoms with Crippen molar-refractivity contribution in [3.63, 3.8) is 0 Å². The number of rotatable bonds is 4. The summed E-state index contributed by atoms with van der Waals surface area (Å²) in [6.45, 7) is 0.457. The van der Waals surface area contributed by atoms with Crippen molar-refractivity contribution in [2.45, 2.75) is 37.6 Å². The van der Waals surface area contributed by atoms with Crippen LogP contribution >= 0.6 is 0 Å². The lowest BCUT2D eigenvalue weighted by Gasteiger charge is -2.39. The molecule has 0 bridgehead atoms. The Morgan fingerprint density at radius 2 is 1.63 bits per heavy atom. The number of aromatic hydroxyl groups is 2. The number of phenolic OH excluding ortho intramolecular Hbond substituents is 2. The number of aliphatic carboxylic acids is 1. The highest BCUT2D eigenvalue weighted by molar-refractivity contribution is 5.86. The van der Waals surface area contributed by atoms with Crippen molar-refractivity contribution in [3.8, 4) is 28.6 Å². The highest BCUT2D eigenvalue weighted by Crippen LogP contribution is 2.33. The molecule has 0 saturated carbocycles. The second-order valence-corrected chi connectivity index (χ2v) is 7.67. The van der Waals surface area contributed by atoms with Gasteiger partial charge >= 0.3 is 0 Å². The first-order valence-corrected chi connectivity index (χ1v) is 10.3. The zero-order valence-electron chi connectivity index (χ0n) is 18.3. The van der Waals surface area contributed by atoms with Gasteiger partial charge in [-0.15, -0.1) is 0 Å². The Morgan fingerprint density at radius 1 is 1.00 bits per heavy atom. The van der Waals surface area contributed by atoms with E-state index >= 15 is 0 Å². The lowest BCUT2D eigenvalue weighted by molar-refractivity contribution is -0.277. The molecule has 7 N–H and O–H groups in total. The van der Waals surface area contributed by atoms with Crippen LogP contribution in [0.2, 0.25) is 0 Å². The molecule has 12 heteroatoms. The van der Waals surface area contributed by atoms with E-state index in [1.165, 1.54) is 24.3 Å². The first kappa shape index (κ1) is 25.9. The number of carboxylic acids is 1. The predicted molar refractivity (Wildman–Crippen MR) is 119 cm³/mol. The summed E-state index contributed by atoms with van der Waals surface area (Å²) in [7, 11) is 0. The molecular formula is C23H24O12. The van der Waals surface area contributed by atoms with Gasteiger partial charge in [-0.3, -0.25) is 9.59 Å². The fourth-order valence-corrected chi connectivity index (χ4v) is 3.38. The van der Waals surface area contributed by atoms with Crippen LogP contribution in [0.15, 0.2) is 51.7 Å². The van der Waals surface area contributed by atoms with Gasteiger partial charge in [0.15, 0.2) is 5.43 Å². The largest absolute Gasteiger partial charge is 0.508 e.